The monoisotopic (exact) mass is 220 g/mol. The van der Waals surface area contributed by atoms with Gasteiger partial charge in [0.05, 0.1) is 12.3 Å². The average molecular weight is 221 g/mol. The molecule has 1 atom stereocenters. The van der Waals surface area contributed by atoms with Crippen LogP contribution in [0.15, 0.2) is 6.20 Å². The van der Waals surface area contributed by atoms with Gasteiger partial charge in [0.15, 0.2) is 0 Å². The zero-order valence-electron chi connectivity index (χ0n) is 7.42. The average Bonchev–Trinajstić information content (AvgIpc) is 2.11. The molecule has 3 nitrogen and oxygen atoms in total. The molecular weight excluding hydrogens is 211 g/mol. The Hall–Kier alpha value is -0.540. The minimum absolute atomic E-state index is 0.0727. The zero-order valence-corrected chi connectivity index (χ0v) is 8.93. The molecule has 0 spiro atoms. The van der Waals surface area contributed by atoms with Crippen LogP contribution in [0, 0.1) is 0 Å². The largest absolute Gasteiger partial charge is 0.473 e. The Morgan fingerprint density at radius 3 is 2.85 bits per heavy atom. The van der Waals surface area contributed by atoms with E-state index in [-0.39, 0.29) is 11.4 Å². The Morgan fingerprint density at radius 1 is 1.54 bits per heavy atom. The fourth-order valence-corrected chi connectivity index (χ4v) is 0.949. The van der Waals surface area contributed by atoms with Crippen LogP contribution in [-0.4, -0.2) is 16.1 Å². The van der Waals surface area contributed by atoms with E-state index in [0.717, 1.165) is 6.42 Å². The second kappa shape index (κ2) is 4.63. The summed E-state index contributed by atoms with van der Waals surface area (Å²) < 4.78 is 5.41. The molecule has 0 aliphatic carbocycles. The number of halogens is 2. The predicted molar refractivity (Wildman–Crippen MR) is 52.4 cm³/mol. The van der Waals surface area contributed by atoms with Crippen molar-refractivity contribution >= 4 is 23.2 Å². The van der Waals surface area contributed by atoms with E-state index in [2.05, 4.69) is 9.97 Å². The highest BCUT2D eigenvalue weighted by molar-refractivity contribution is 6.32. The summed E-state index contributed by atoms with van der Waals surface area (Å²) in [6.07, 6.45) is 2.38. The number of ether oxygens (including phenoxy) is 1. The first kappa shape index (κ1) is 10.5. The van der Waals surface area contributed by atoms with Crippen LogP contribution in [0.2, 0.25) is 10.3 Å². The first-order valence-corrected chi connectivity index (χ1v) is 4.73. The van der Waals surface area contributed by atoms with Crippen LogP contribution in [0.4, 0.5) is 0 Å². The maximum Gasteiger partial charge on any atom is 0.237 e. The molecule has 0 fully saturated rings. The minimum atomic E-state index is 0.0727. The number of hydrogen-bond donors (Lipinski definition) is 0. The standard InChI is InChI=1S/C8H10Cl2N2O/c1-3-5(2)13-7-6(9)4-11-8(10)12-7/h4-5H,3H2,1-2H3. The third-order valence-corrected chi connectivity index (χ3v) is 2.01. The Balaban J connectivity index is 2.81. The highest BCUT2D eigenvalue weighted by Gasteiger charge is 2.08. The van der Waals surface area contributed by atoms with Crippen molar-refractivity contribution in [1.29, 1.82) is 0 Å². The summed E-state index contributed by atoms with van der Waals surface area (Å²) in [6.45, 7) is 3.95. The fraction of sp³-hybridized carbons (Fsp3) is 0.500. The number of hydrogen-bond acceptors (Lipinski definition) is 3. The molecule has 0 saturated heterocycles. The van der Waals surface area contributed by atoms with Gasteiger partial charge >= 0.3 is 0 Å². The molecule has 1 aromatic heterocycles. The molecule has 1 heterocycles. The van der Waals surface area contributed by atoms with E-state index in [0.29, 0.717) is 10.9 Å². The molecule has 0 aromatic carbocycles. The van der Waals surface area contributed by atoms with Gasteiger partial charge in [-0.3, -0.25) is 0 Å². The van der Waals surface area contributed by atoms with Crippen LogP contribution in [-0.2, 0) is 0 Å². The van der Waals surface area contributed by atoms with E-state index in [4.69, 9.17) is 27.9 Å². The highest BCUT2D eigenvalue weighted by atomic mass is 35.5. The van der Waals surface area contributed by atoms with Gasteiger partial charge in [0.1, 0.15) is 5.02 Å². The maximum absolute atomic E-state index is 5.79. The normalized spacial score (nSPS) is 12.6. The van der Waals surface area contributed by atoms with Gasteiger partial charge in [-0.15, -0.1) is 0 Å². The van der Waals surface area contributed by atoms with Gasteiger partial charge in [0.25, 0.3) is 0 Å². The zero-order chi connectivity index (χ0) is 9.84. The summed E-state index contributed by atoms with van der Waals surface area (Å²) in [5, 5.41) is 0.521. The van der Waals surface area contributed by atoms with Crippen LogP contribution in [0.5, 0.6) is 5.88 Å². The Bertz CT molecular complexity index is 293. The molecular formula is C8H10Cl2N2O. The van der Waals surface area contributed by atoms with E-state index in [1.54, 1.807) is 0 Å². The lowest BCUT2D eigenvalue weighted by molar-refractivity contribution is 0.208. The molecule has 0 N–H and O–H groups in total. The van der Waals surface area contributed by atoms with Crippen molar-refractivity contribution in [3.8, 4) is 5.88 Å². The summed E-state index contributed by atoms with van der Waals surface area (Å²) in [4.78, 5) is 7.58. The smallest absolute Gasteiger partial charge is 0.237 e. The molecule has 0 radical (unpaired) electrons. The molecule has 1 rings (SSSR count). The SMILES string of the molecule is CCC(C)Oc1nc(Cl)ncc1Cl. The Kier molecular flexibility index (Phi) is 3.75. The van der Waals surface area contributed by atoms with Crippen LogP contribution in [0.25, 0.3) is 0 Å². The van der Waals surface area contributed by atoms with Gasteiger partial charge in [0.2, 0.25) is 11.2 Å². The highest BCUT2D eigenvalue weighted by Crippen LogP contribution is 2.23. The summed E-state index contributed by atoms with van der Waals surface area (Å²) in [7, 11) is 0. The topological polar surface area (TPSA) is 35.0 Å². The van der Waals surface area contributed by atoms with E-state index in [9.17, 15) is 0 Å². The van der Waals surface area contributed by atoms with Gasteiger partial charge in [-0.2, -0.15) is 4.98 Å². The lowest BCUT2D eigenvalue weighted by Crippen LogP contribution is -2.11. The van der Waals surface area contributed by atoms with Crippen molar-refractivity contribution in [3.63, 3.8) is 0 Å². The molecule has 1 aromatic rings. The molecule has 13 heavy (non-hydrogen) atoms. The first-order valence-electron chi connectivity index (χ1n) is 3.98. The van der Waals surface area contributed by atoms with E-state index < -0.39 is 0 Å². The van der Waals surface area contributed by atoms with Gasteiger partial charge in [0, 0.05) is 0 Å². The van der Waals surface area contributed by atoms with Crippen LogP contribution in [0.1, 0.15) is 20.3 Å². The third-order valence-electron chi connectivity index (χ3n) is 1.57. The number of nitrogens with zero attached hydrogens (tertiary/aromatic N) is 2. The summed E-state index contributed by atoms with van der Waals surface area (Å²) in [5.74, 6) is 0.344. The Morgan fingerprint density at radius 2 is 2.23 bits per heavy atom. The van der Waals surface area contributed by atoms with Gasteiger partial charge < -0.3 is 4.74 Å². The van der Waals surface area contributed by atoms with Gasteiger partial charge in [-0.05, 0) is 24.9 Å². The summed E-state index contributed by atoms with van der Waals surface area (Å²) in [6, 6.07) is 0. The maximum atomic E-state index is 5.79. The number of rotatable bonds is 3. The van der Waals surface area contributed by atoms with Crippen LogP contribution >= 0.6 is 23.2 Å². The van der Waals surface area contributed by atoms with Gasteiger partial charge in [-0.25, -0.2) is 4.98 Å². The molecule has 72 valence electrons. The van der Waals surface area contributed by atoms with Crippen molar-refractivity contribution in [2.24, 2.45) is 0 Å². The van der Waals surface area contributed by atoms with Crippen molar-refractivity contribution in [1.82, 2.24) is 9.97 Å². The molecule has 0 aliphatic rings. The van der Waals surface area contributed by atoms with Crippen LogP contribution in [0.3, 0.4) is 0 Å². The Labute approximate surface area is 87.1 Å². The molecule has 5 heteroatoms. The quantitative estimate of drug-likeness (QED) is 0.736. The van der Waals surface area contributed by atoms with Gasteiger partial charge in [-0.1, -0.05) is 18.5 Å². The van der Waals surface area contributed by atoms with Crippen LogP contribution < -0.4 is 4.74 Å². The summed E-state index contributed by atoms with van der Waals surface area (Å²) >= 11 is 11.4. The molecule has 0 amide bonds. The lowest BCUT2D eigenvalue weighted by atomic mass is 10.3. The van der Waals surface area contributed by atoms with Crippen molar-refractivity contribution in [3.05, 3.63) is 16.5 Å². The third kappa shape index (κ3) is 3.01. The molecule has 0 saturated carbocycles. The van der Waals surface area contributed by atoms with E-state index in [1.807, 2.05) is 13.8 Å². The first-order chi connectivity index (χ1) is 6.13. The molecule has 0 bridgehead atoms. The van der Waals surface area contributed by atoms with Crippen molar-refractivity contribution in [2.45, 2.75) is 26.4 Å². The van der Waals surface area contributed by atoms with E-state index >= 15 is 0 Å². The predicted octanol–water partition coefficient (Wildman–Crippen LogP) is 2.96. The fourth-order valence-electron chi connectivity index (χ4n) is 0.688. The number of aromatic nitrogens is 2. The van der Waals surface area contributed by atoms with Crippen molar-refractivity contribution in [2.75, 3.05) is 0 Å². The van der Waals surface area contributed by atoms with Crippen molar-refractivity contribution < 1.29 is 4.74 Å². The minimum Gasteiger partial charge on any atom is -0.473 e. The second-order valence-electron chi connectivity index (χ2n) is 2.63. The molecule has 1 unspecified atom stereocenters. The van der Waals surface area contributed by atoms with E-state index in [1.165, 1.54) is 6.20 Å². The summed E-state index contributed by atoms with van der Waals surface area (Å²) in [5.41, 5.74) is 0. The molecule has 0 aliphatic heterocycles. The lowest BCUT2D eigenvalue weighted by Gasteiger charge is -2.11. The second-order valence-corrected chi connectivity index (χ2v) is 3.37.